The van der Waals surface area contributed by atoms with E-state index in [1.165, 1.54) is 25.1 Å². The van der Waals surface area contributed by atoms with Crippen LogP contribution in [0.3, 0.4) is 0 Å². The van der Waals surface area contributed by atoms with E-state index in [1.807, 2.05) is 0 Å². The lowest BCUT2D eigenvalue weighted by Gasteiger charge is -2.06. The standard InChI is InChI=1S/C11H11ClN2O3/c1-6(15)4-10(16)14-7-2-3-9(12)8(5-7)11(13)17/h2-3,5H,4H2,1H3,(H2,13,17)(H,14,16). The van der Waals surface area contributed by atoms with Gasteiger partial charge in [0.05, 0.1) is 17.0 Å². The molecule has 0 saturated carbocycles. The number of nitrogens with two attached hydrogens (primary N) is 1. The molecule has 3 N–H and O–H groups in total. The van der Waals surface area contributed by atoms with Gasteiger partial charge in [-0.25, -0.2) is 0 Å². The van der Waals surface area contributed by atoms with Gasteiger partial charge in [0.1, 0.15) is 5.78 Å². The largest absolute Gasteiger partial charge is 0.366 e. The monoisotopic (exact) mass is 254 g/mol. The van der Waals surface area contributed by atoms with Gasteiger partial charge in [-0.1, -0.05) is 11.6 Å². The van der Waals surface area contributed by atoms with E-state index in [0.29, 0.717) is 5.69 Å². The van der Waals surface area contributed by atoms with Gasteiger partial charge in [-0.2, -0.15) is 0 Å². The normalized spacial score (nSPS) is 9.76. The molecular weight excluding hydrogens is 244 g/mol. The first kappa shape index (κ1) is 13.2. The molecule has 0 fully saturated rings. The third kappa shape index (κ3) is 3.88. The van der Waals surface area contributed by atoms with Crippen molar-refractivity contribution in [3.05, 3.63) is 28.8 Å². The number of hydrogen-bond donors (Lipinski definition) is 2. The van der Waals surface area contributed by atoms with Crippen LogP contribution < -0.4 is 11.1 Å². The van der Waals surface area contributed by atoms with Crippen LogP contribution >= 0.6 is 11.6 Å². The number of rotatable bonds is 4. The summed E-state index contributed by atoms with van der Waals surface area (Å²) in [7, 11) is 0. The summed E-state index contributed by atoms with van der Waals surface area (Å²) in [6.07, 6.45) is -0.214. The molecule has 0 saturated heterocycles. The van der Waals surface area contributed by atoms with Crippen LogP contribution in [-0.4, -0.2) is 17.6 Å². The predicted octanol–water partition coefficient (Wildman–Crippen LogP) is 1.36. The number of halogens is 1. The lowest BCUT2D eigenvalue weighted by molar-refractivity contribution is -0.124. The molecule has 2 amide bonds. The summed E-state index contributed by atoms with van der Waals surface area (Å²) in [6, 6.07) is 4.33. The highest BCUT2D eigenvalue weighted by Crippen LogP contribution is 2.20. The smallest absolute Gasteiger partial charge is 0.250 e. The topological polar surface area (TPSA) is 89.3 Å². The van der Waals surface area contributed by atoms with Crippen LogP contribution in [0.1, 0.15) is 23.7 Å². The number of Topliss-reactive ketones (excluding diaryl/α,β-unsaturated/α-hetero) is 1. The molecule has 0 unspecified atom stereocenters. The molecule has 90 valence electrons. The minimum atomic E-state index is -0.683. The summed E-state index contributed by atoms with van der Waals surface area (Å²) in [5.74, 6) is -1.38. The Morgan fingerprint density at radius 2 is 2.00 bits per heavy atom. The number of carbonyl (C=O) groups is 3. The van der Waals surface area contributed by atoms with Crippen molar-refractivity contribution in [1.29, 1.82) is 0 Å². The van der Waals surface area contributed by atoms with E-state index in [-0.39, 0.29) is 22.8 Å². The minimum Gasteiger partial charge on any atom is -0.366 e. The first-order valence-electron chi connectivity index (χ1n) is 4.79. The van der Waals surface area contributed by atoms with Crippen LogP contribution in [0.2, 0.25) is 5.02 Å². The van der Waals surface area contributed by atoms with E-state index >= 15 is 0 Å². The van der Waals surface area contributed by atoms with E-state index in [4.69, 9.17) is 17.3 Å². The van der Waals surface area contributed by atoms with Gasteiger partial charge in [-0.05, 0) is 25.1 Å². The molecule has 6 heteroatoms. The van der Waals surface area contributed by atoms with Crippen LogP contribution in [0.15, 0.2) is 18.2 Å². The molecule has 1 aromatic rings. The zero-order chi connectivity index (χ0) is 13.0. The average molecular weight is 255 g/mol. The number of hydrogen-bond acceptors (Lipinski definition) is 3. The molecule has 0 aromatic heterocycles. The molecule has 0 aliphatic heterocycles. The van der Waals surface area contributed by atoms with Crippen molar-refractivity contribution in [2.45, 2.75) is 13.3 Å². The van der Waals surface area contributed by atoms with Crippen molar-refractivity contribution in [1.82, 2.24) is 0 Å². The number of anilines is 1. The van der Waals surface area contributed by atoms with Crippen LogP contribution in [-0.2, 0) is 9.59 Å². The van der Waals surface area contributed by atoms with Gasteiger partial charge in [0.2, 0.25) is 11.8 Å². The highest BCUT2D eigenvalue weighted by atomic mass is 35.5. The van der Waals surface area contributed by atoms with Gasteiger partial charge in [-0.3, -0.25) is 14.4 Å². The number of nitrogens with one attached hydrogen (secondary N) is 1. The molecule has 5 nitrogen and oxygen atoms in total. The van der Waals surface area contributed by atoms with Gasteiger partial charge in [-0.15, -0.1) is 0 Å². The Bertz CT molecular complexity index is 486. The summed E-state index contributed by atoms with van der Waals surface area (Å²) in [5.41, 5.74) is 5.59. The Kier molecular flexibility index (Phi) is 4.23. The lowest BCUT2D eigenvalue weighted by atomic mass is 10.2. The molecule has 1 rings (SSSR count). The fourth-order valence-electron chi connectivity index (χ4n) is 1.22. The Hall–Kier alpha value is -1.88. The second-order valence-electron chi connectivity index (χ2n) is 3.49. The zero-order valence-electron chi connectivity index (χ0n) is 9.12. The molecule has 0 bridgehead atoms. The summed E-state index contributed by atoms with van der Waals surface area (Å²) in [4.78, 5) is 33.0. The summed E-state index contributed by atoms with van der Waals surface area (Å²) < 4.78 is 0. The Balaban J connectivity index is 2.86. The second kappa shape index (κ2) is 5.45. The van der Waals surface area contributed by atoms with Crippen LogP contribution in [0.5, 0.6) is 0 Å². The van der Waals surface area contributed by atoms with Crippen molar-refractivity contribution in [2.24, 2.45) is 5.73 Å². The number of primary amides is 1. The first-order chi connectivity index (χ1) is 7.90. The molecular formula is C11H11ClN2O3. The number of ketones is 1. The molecule has 0 spiro atoms. The summed E-state index contributed by atoms with van der Waals surface area (Å²) >= 11 is 5.74. The summed E-state index contributed by atoms with van der Waals surface area (Å²) in [6.45, 7) is 1.32. The zero-order valence-corrected chi connectivity index (χ0v) is 9.88. The molecule has 0 heterocycles. The maximum Gasteiger partial charge on any atom is 0.250 e. The van der Waals surface area contributed by atoms with Crippen molar-refractivity contribution in [2.75, 3.05) is 5.32 Å². The van der Waals surface area contributed by atoms with E-state index in [9.17, 15) is 14.4 Å². The average Bonchev–Trinajstić information content (AvgIpc) is 2.19. The SMILES string of the molecule is CC(=O)CC(=O)Nc1ccc(Cl)c(C(N)=O)c1. The predicted molar refractivity (Wildman–Crippen MR) is 63.9 cm³/mol. The van der Waals surface area contributed by atoms with Gasteiger partial charge in [0.25, 0.3) is 0 Å². The third-order valence-electron chi connectivity index (χ3n) is 1.93. The van der Waals surface area contributed by atoms with Crippen LogP contribution in [0.4, 0.5) is 5.69 Å². The van der Waals surface area contributed by atoms with Gasteiger partial charge < -0.3 is 11.1 Å². The van der Waals surface area contributed by atoms with E-state index in [1.54, 1.807) is 0 Å². The number of carbonyl (C=O) groups excluding carboxylic acids is 3. The fraction of sp³-hybridized carbons (Fsp3) is 0.182. The minimum absolute atomic E-state index is 0.118. The maximum atomic E-state index is 11.3. The molecule has 0 radical (unpaired) electrons. The van der Waals surface area contributed by atoms with Gasteiger partial charge in [0, 0.05) is 5.69 Å². The second-order valence-corrected chi connectivity index (χ2v) is 3.89. The van der Waals surface area contributed by atoms with Gasteiger partial charge >= 0.3 is 0 Å². The molecule has 0 atom stereocenters. The fourth-order valence-corrected chi connectivity index (χ4v) is 1.43. The summed E-state index contributed by atoms with van der Waals surface area (Å²) in [5, 5.41) is 2.68. The van der Waals surface area contributed by atoms with Crippen LogP contribution in [0.25, 0.3) is 0 Å². The van der Waals surface area contributed by atoms with Crippen molar-refractivity contribution < 1.29 is 14.4 Å². The Morgan fingerprint density at radius 3 is 2.53 bits per heavy atom. The Morgan fingerprint density at radius 1 is 1.35 bits per heavy atom. The van der Waals surface area contributed by atoms with Crippen molar-refractivity contribution >= 4 is 34.9 Å². The van der Waals surface area contributed by atoms with E-state index in [2.05, 4.69) is 5.32 Å². The number of amides is 2. The third-order valence-corrected chi connectivity index (χ3v) is 2.25. The highest BCUT2D eigenvalue weighted by molar-refractivity contribution is 6.34. The van der Waals surface area contributed by atoms with E-state index < -0.39 is 11.8 Å². The molecule has 1 aromatic carbocycles. The van der Waals surface area contributed by atoms with Gasteiger partial charge in [0.15, 0.2) is 0 Å². The maximum absolute atomic E-state index is 11.3. The number of benzene rings is 1. The molecule has 17 heavy (non-hydrogen) atoms. The van der Waals surface area contributed by atoms with Crippen molar-refractivity contribution in [3.8, 4) is 0 Å². The highest BCUT2D eigenvalue weighted by Gasteiger charge is 2.10. The van der Waals surface area contributed by atoms with E-state index in [0.717, 1.165) is 0 Å². The Labute approximate surface area is 103 Å². The molecule has 0 aliphatic carbocycles. The van der Waals surface area contributed by atoms with Crippen molar-refractivity contribution in [3.63, 3.8) is 0 Å². The quantitative estimate of drug-likeness (QED) is 0.795. The first-order valence-corrected chi connectivity index (χ1v) is 5.16. The lowest BCUT2D eigenvalue weighted by Crippen LogP contribution is -2.16. The van der Waals surface area contributed by atoms with Crippen LogP contribution in [0, 0.1) is 0 Å². The molecule has 0 aliphatic rings.